The molecule has 4 rings (SSSR count). The maximum atomic E-state index is 13.4. The van der Waals surface area contributed by atoms with Gasteiger partial charge in [-0.05, 0) is 47.7 Å². The van der Waals surface area contributed by atoms with E-state index in [9.17, 15) is 9.59 Å². The first-order valence-corrected chi connectivity index (χ1v) is 11.7. The van der Waals surface area contributed by atoms with Crippen molar-refractivity contribution in [1.82, 2.24) is 15.2 Å². The normalized spacial score (nSPS) is 11.8. The molecule has 170 valence electrons. The van der Waals surface area contributed by atoms with Gasteiger partial charge in [0.05, 0.1) is 11.4 Å². The van der Waals surface area contributed by atoms with Crippen molar-refractivity contribution in [1.29, 1.82) is 0 Å². The lowest BCUT2D eigenvalue weighted by molar-refractivity contribution is -0.132. The second kappa shape index (κ2) is 10.4. The van der Waals surface area contributed by atoms with Crippen LogP contribution in [0, 0.1) is 6.92 Å². The number of ether oxygens (including phenoxy) is 1. The number of hydrogen-bond donors (Lipinski definition) is 2. The number of fused-ring (bicyclic) bond motifs is 1. The molecule has 1 atom stereocenters. The van der Waals surface area contributed by atoms with Gasteiger partial charge in [0.2, 0.25) is 5.91 Å². The summed E-state index contributed by atoms with van der Waals surface area (Å²) in [5.74, 6) is 0.378. The summed E-state index contributed by atoms with van der Waals surface area (Å²) in [6.07, 6.45) is 2.30. The molecule has 0 aliphatic carbocycles. The number of aromatic nitrogens is 1. The molecule has 2 aromatic carbocycles. The molecule has 0 saturated heterocycles. The fourth-order valence-electron chi connectivity index (χ4n) is 3.74. The van der Waals surface area contributed by atoms with Crippen molar-refractivity contribution in [3.63, 3.8) is 0 Å². The summed E-state index contributed by atoms with van der Waals surface area (Å²) in [5.41, 5.74) is 3.11. The average molecular weight is 462 g/mol. The molecule has 0 saturated carbocycles. The number of carbonyl (C=O) groups excluding carboxylic acids is 2. The highest BCUT2D eigenvalue weighted by molar-refractivity contribution is 7.12. The molecule has 0 radical (unpaired) electrons. The maximum absolute atomic E-state index is 13.4. The zero-order chi connectivity index (χ0) is 23.2. The lowest BCUT2D eigenvalue weighted by Crippen LogP contribution is -2.49. The highest BCUT2D eigenvalue weighted by atomic mass is 32.1. The molecule has 2 aromatic heterocycles. The molecular weight excluding hydrogens is 434 g/mol. The predicted octanol–water partition coefficient (Wildman–Crippen LogP) is 4.42. The van der Waals surface area contributed by atoms with Crippen molar-refractivity contribution in [3.05, 3.63) is 88.2 Å². The summed E-state index contributed by atoms with van der Waals surface area (Å²) < 4.78 is 5.81. The Bertz CT molecular complexity index is 1230. The lowest BCUT2D eigenvalue weighted by atomic mass is 10.0. The van der Waals surface area contributed by atoms with Crippen LogP contribution in [-0.2, 0) is 11.2 Å². The molecule has 0 bridgehead atoms. The van der Waals surface area contributed by atoms with Crippen molar-refractivity contribution in [2.45, 2.75) is 19.4 Å². The number of benzene rings is 2. The predicted molar refractivity (Wildman–Crippen MR) is 132 cm³/mol. The minimum Gasteiger partial charge on any atom is -0.492 e. The molecule has 2 amide bonds. The van der Waals surface area contributed by atoms with E-state index in [1.807, 2.05) is 73.1 Å². The second-order valence-electron chi connectivity index (χ2n) is 7.99. The Balaban J connectivity index is 1.46. The van der Waals surface area contributed by atoms with E-state index in [4.69, 9.17) is 4.74 Å². The lowest BCUT2D eigenvalue weighted by Gasteiger charge is -2.24. The minimum atomic E-state index is -0.692. The number of amides is 2. The molecule has 0 fully saturated rings. The molecule has 2 heterocycles. The van der Waals surface area contributed by atoms with Crippen LogP contribution in [0.15, 0.2) is 72.2 Å². The zero-order valence-electron chi connectivity index (χ0n) is 18.7. The molecule has 6 nitrogen and oxygen atoms in total. The number of para-hydroxylation sites is 1. The van der Waals surface area contributed by atoms with Crippen LogP contribution in [0.5, 0.6) is 5.75 Å². The first kappa shape index (κ1) is 22.6. The summed E-state index contributed by atoms with van der Waals surface area (Å²) >= 11 is 1.35. The van der Waals surface area contributed by atoms with Crippen molar-refractivity contribution in [2.24, 2.45) is 0 Å². The Hall–Kier alpha value is -3.58. The molecule has 2 N–H and O–H groups in total. The van der Waals surface area contributed by atoms with Gasteiger partial charge in [-0.25, -0.2) is 0 Å². The summed E-state index contributed by atoms with van der Waals surface area (Å²) in [4.78, 5) is 31.6. The second-order valence-corrected chi connectivity index (χ2v) is 8.94. The average Bonchev–Trinajstić information content (AvgIpc) is 3.49. The molecule has 4 aromatic rings. The van der Waals surface area contributed by atoms with Gasteiger partial charge in [-0.2, -0.15) is 0 Å². The Kier molecular flexibility index (Phi) is 7.10. The third kappa shape index (κ3) is 5.62. The van der Waals surface area contributed by atoms with Crippen molar-refractivity contribution < 1.29 is 14.3 Å². The van der Waals surface area contributed by atoms with Crippen LogP contribution < -0.4 is 10.1 Å². The monoisotopic (exact) mass is 461 g/mol. The van der Waals surface area contributed by atoms with E-state index in [2.05, 4.69) is 10.3 Å². The van der Waals surface area contributed by atoms with Gasteiger partial charge in [0, 0.05) is 30.6 Å². The SMILES string of the molecule is Cc1cccc(OCCN(C)C(=O)[C@H](Cc2c[nH]c3ccccc23)NC(=O)c2cccs2)c1. The maximum Gasteiger partial charge on any atom is 0.262 e. The number of nitrogens with zero attached hydrogens (tertiary/aromatic N) is 1. The van der Waals surface area contributed by atoms with Crippen LogP contribution in [-0.4, -0.2) is 47.9 Å². The van der Waals surface area contributed by atoms with E-state index in [0.717, 1.165) is 27.8 Å². The highest BCUT2D eigenvalue weighted by Gasteiger charge is 2.26. The summed E-state index contributed by atoms with van der Waals surface area (Å²) in [5, 5.41) is 5.84. The summed E-state index contributed by atoms with van der Waals surface area (Å²) in [6, 6.07) is 18.6. The van der Waals surface area contributed by atoms with E-state index in [0.29, 0.717) is 24.4 Å². The first-order chi connectivity index (χ1) is 16.0. The van der Waals surface area contributed by atoms with E-state index >= 15 is 0 Å². The third-order valence-electron chi connectivity index (χ3n) is 5.51. The van der Waals surface area contributed by atoms with Gasteiger partial charge in [-0.3, -0.25) is 9.59 Å². The number of rotatable bonds is 9. The molecule has 0 spiro atoms. The number of carbonyl (C=O) groups is 2. The number of aromatic amines is 1. The van der Waals surface area contributed by atoms with Crippen molar-refractivity contribution in [2.75, 3.05) is 20.2 Å². The van der Waals surface area contributed by atoms with Crippen LogP contribution in [0.2, 0.25) is 0 Å². The number of H-pyrrole nitrogens is 1. The van der Waals surface area contributed by atoms with Crippen molar-refractivity contribution >= 4 is 34.1 Å². The van der Waals surface area contributed by atoms with E-state index < -0.39 is 6.04 Å². The van der Waals surface area contributed by atoms with Crippen LogP contribution in [0.1, 0.15) is 20.8 Å². The van der Waals surface area contributed by atoms with Gasteiger partial charge in [-0.15, -0.1) is 11.3 Å². The Morgan fingerprint density at radius 2 is 1.97 bits per heavy atom. The van der Waals surface area contributed by atoms with Gasteiger partial charge < -0.3 is 19.9 Å². The fraction of sp³-hybridized carbons (Fsp3) is 0.231. The molecule has 33 heavy (non-hydrogen) atoms. The Morgan fingerprint density at radius 1 is 1.12 bits per heavy atom. The number of aryl methyl sites for hydroxylation is 1. The quantitative estimate of drug-likeness (QED) is 0.388. The topological polar surface area (TPSA) is 74.4 Å². The molecule has 0 aliphatic rings. The minimum absolute atomic E-state index is 0.155. The zero-order valence-corrected chi connectivity index (χ0v) is 19.5. The van der Waals surface area contributed by atoms with Crippen LogP contribution in [0.3, 0.4) is 0 Å². The Labute approximate surface area is 197 Å². The molecule has 7 heteroatoms. The smallest absolute Gasteiger partial charge is 0.262 e. The van der Waals surface area contributed by atoms with E-state index in [1.165, 1.54) is 11.3 Å². The summed E-state index contributed by atoms with van der Waals surface area (Å²) in [7, 11) is 1.74. The van der Waals surface area contributed by atoms with Crippen LogP contribution in [0.4, 0.5) is 0 Å². The Morgan fingerprint density at radius 3 is 2.76 bits per heavy atom. The number of thiophene rings is 1. The van der Waals surface area contributed by atoms with Gasteiger partial charge in [0.1, 0.15) is 18.4 Å². The van der Waals surface area contributed by atoms with Crippen molar-refractivity contribution in [3.8, 4) is 5.75 Å². The summed E-state index contributed by atoms with van der Waals surface area (Å²) in [6.45, 7) is 2.78. The third-order valence-corrected chi connectivity index (χ3v) is 6.38. The standard InChI is InChI=1S/C26H27N3O3S/c1-18-7-5-8-20(15-18)32-13-12-29(2)26(31)23(28-25(30)24-11-6-14-33-24)16-19-17-27-22-10-4-3-9-21(19)22/h3-11,14-15,17,23,27H,12-13,16H2,1-2H3,(H,28,30)/t23-/m0/s1. The largest absolute Gasteiger partial charge is 0.492 e. The van der Waals surface area contributed by atoms with Crippen LogP contribution >= 0.6 is 11.3 Å². The van der Waals surface area contributed by atoms with Crippen LogP contribution in [0.25, 0.3) is 10.9 Å². The first-order valence-electron chi connectivity index (χ1n) is 10.8. The molecule has 0 aliphatic heterocycles. The fourth-order valence-corrected chi connectivity index (χ4v) is 4.37. The van der Waals surface area contributed by atoms with Gasteiger partial charge in [0.25, 0.3) is 5.91 Å². The number of nitrogens with one attached hydrogen (secondary N) is 2. The van der Waals surface area contributed by atoms with Gasteiger partial charge in [0.15, 0.2) is 0 Å². The number of hydrogen-bond acceptors (Lipinski definition) is 4. The molecule has 0 unspecified atom stereocenters. The van der Waals surface area contributed by atoms with Gasteiger partial charge >= 0.3 is 0 Å². The number of likely N-dealkylation sites (N-methyl/N-ethyl adjacent to an activating group) is 1. The van der Waals surface area contributed by atoms with E-state index in [-0.39, 0.29) is 11.8 Å². The molecular formula is C26H27N3O3S. The highest BCUT2D eigenvalue weighted by Crippen LogP contribution is 2.20. The van der Waals surface area contributed by atoms with Gasteiger partial charge in [-0.1, -0.05) is 36.4 Å². The van der Waals surface area contributed by atoms with E-state index in [1.54, 1.807) is 18.0 Å².